The lowest BCUT2D eigenvalue weighted by Gasteiger charge is -2.57. The first kappa shape index (κ1) is 30.6. The third kappa shape index (κ3) is 4.54. The molecule has 234 valence electrons. The van der Waals surface area contributed by atoms with Gasteiger partial charge in [-0.15, -0.1) is 0 Å². The van der Waals surface area contributed by atoms with Gasteiger partial charge in [0.25, 0.3) is 5.91 Å². The highest BCUT2D eigenvalue weighted by Gasteiger charge is 2.66. The molecule has 0 aromatic heterocycles. The first-order valence-electron chi connectivity index (χ1n) is 14.3. The molecule has 14 heteroatoms. The minimum Gasteiger partial charge on any atom is -0.388 e. The Morgan fingerprint density at radius 1 is 1.11 bits per heavy atom. The van der Waals surface area contributed by atoms with E-state index in [2.05, 4.69) is 28.7 Å². The maximum absolute atomic E-state index is 14.3. The number of aryl methyl sites for hydroxylation is 1. The van der Waals surface area contributed by atoms with Gasteiger partial charge in [0.05, 0.1) is 30.6 Å². The average Bonchev–Trinajstić information content (AvgIpc) is 3.28. The molecule has 13 nitrogen and oxygen atoms in total. The van der Waals surface area contributed by atoms with Crippen molar-refractivity contribution in [2.45, 2.75) is 69.4 Å². The fourth-order valence-corrected chi connectivity index (χ4v) is 7.64. The molecule has 3 amide bonds. The summed E-state index contributed by atoms with van der Waals surface area (Å²) in [6.45, 7) is 6.88. The molecule has 4 heterocycles. The highest BCUT2D eigenvalue weighted by Crippen LogP contribution is 2.60. The fourth-order valence-electron chi connectivity index (χ4n) is 7.29. The van der Waals surface area contributed by atoms with Crippen molar-refractivity contribution in [3.05, 3.63) is 64.7 Å². The third-order valence-electron chi connectivity index (χ3n) is 9.16. The van der Waals surface area contributed by atoms with Crippen molar-refractivity contribution in [3.63, 3.8) is 0 Å². The van der Waals surface area contributed by atoms with Gasteiger partial charge in [-0.05, 0) is 54.0 Å². The standard InChI is InChI=1S/C30H35N4O9P/c1-15-10-20-24-23(16(15)2)29(3,4)12-18-11-19(17-8-6-5-7-9-17)30(34(18)24)26(31-28(39)32-27(30)38)33(20)13-21(35)25(37)22(36)14-43-44(40,41)42/h5-11,18,21-22,25,35-37H,12-14H2,1-4H3,(H,32,38,39)(H2,40,41,42)/t18-,21+,22-,25+,30+/m1/s1. The van der Waals surface area contributed by atoms with Crippen LogP contribution in [-0.4, -0.2) is 85.9 Å². The van der Waals surface area contributed by atoms with Gasteiger partial charge in [-0.3, -0.25) is 14.6 Å². The summed E-state index contributed by atoms with van der Waals surface area (Å²) in [6.07, 6.45) is -2.80. The van der Waals surface area contributed by atoms with E-state index < -0.39 is 56.8 Å². The smallest absolute Gasteiger partial charge is 0.388 e. The van der Waals surface area contributed by atoms with E-state index in [1.807, 2.05) is 61.2 Å². The normalized spacial score (nSPS) is 25.4. The Bertz CT molecular complexity index is 1670. The van der Waals surface area contributed by atoms with Crippen LogP contribution >= 0.6 is 7.82 Å². The summed E-state index contributed by atoms with van der Waals surface area (Å²) in [5, 5.41) is 34.8. The number of hydrogen-bond donors (Lipinski definition) is 6. The third-order valence-corrected chi connectivity index (χ3v) is 9.65. The Morgan fingerprint density at radius 2 is 1.80 bits per heavy atom. The van der Waals surface area contributed by atoms with Gasteiger partial charge in [0.1, 0.15) is 18.3 Å². The largest absolute Gasteiger partial charge is 0.469 e. The van der Waals surface area contributed by atoms with Crippen molar-refractivity contribution in [1.29, 1.82) is 0 Å². The summed E-state index contributed by atoms with van der Waals surface area (Å²) in [5.74, 6) is -0.563. The Labute approximate surface area is 253 Å². The molecule has 6 rings (SSSR count). The monoisotopic (exact) mass is 626 g/mol. The number of carbonyl (C=O) groups excluding carboxylic acids is 2. The Hall–Kier alpha value is -3.42. The van der Waals surface area contributed by atoms with E-state index in [0.717, 1.165) is 27.9 Å². The second kappa shape index (κ2) is 10.3. The van der Waals surface area contributed by atoms with Gasteiger partial charge >= 0.3 is 13.9 Å². The van der Waals surface area contributed by atoms with Crippen LogP contribution < -0.4 is 15.1 Å². The molecule has 0 bridgehead atoms. The molecule has 4 aliphatic heterocycles. The Morgan fingerprint density at radius 3 is 2.45 bits per heavy atom. The number of benzene rings is 2. The van der Waals surface area contributed by atoms with Gasteiger partial charge in [0, 0.05) is 5.57 Å². The van der Waals surface area contributed by atoms with Crippen molar-refractivity contribution in [2.75, 3.05) is 23.0 Å². The quantitative estimate of drug-likeness (QED) is 0.234. The number of β-amino-alcohol motifs (C(OH)–C–C–N with tert-alkyl or cyclic N) is 1. The van der Waals surface area contributed by atoms with E-state index in [1.54, 1.807) is 4.90 Å². The van der Waals surface area contributed by atoms with Crippen LogP contribution in [0.15, 0.2) is 47.5 Å². The van der Waals surface area contributed by atoms with Gasteiger partial charge in [0.15, 0.2) is 5.84 Å². The van der Waals surface area contributed by atoms with Crippen LogP contribution in [0.2, 0.25) is 0 Å². The van der Waals surface area contributed by atoms with E-state index in [0.29, 0.717) is 17.7 Å². The highest BCUT2D eigenvalue weighted by molar-refractivity contribution is 7.46. The van der Waals surface area contributed by atoms with Crippen molar-refractivity contribution < 1.29 is 43.8 Å². The van der Waals surface area contributed by atoms with E-state index in [-0.39, 0.29) is 17.3 Å². The van der Waals surface area contributed by atoms with E-state index in [1.165, 1.54) is 0 Å². The maximum atomic E-state index is 14.3. The first-order valence-corrected chi connectivity index (χ1v) is 15.8. The second-order valence-corrected chi connectivity index (χ2v) is 13.7. The topological polar surface area (TPSA) is 192 Å². The zero-order valence-electron chi connectivity index (χ0n) is 24.6. The Kier molecular flexibility index (Phi) is 7.17. The number of amides is 3. The van der Waals surface area contributed by atoms with Crippen LogP contribution in [0.25, 0.3) is 5.57 Å². The van der Waals surface area contributed by atoms with Crippen molar-refractivity contribution in [1.82, 2.24) is 5.32 Å². The summed E-state index contributed by atoms with van der Waals surface area (Å²) in [6, 6.07) is 10.1. The number of urea groups is 1. The number of nitrogens with one attached hydrogen (secondary N) is 1. The maximum Gasteiger partial charge on any atom is 0.469 e. The number of anilines is 2. The van der Waals surface area contributed by atoms with Gasteiger partial charge in [-0.2, -0.15) is 4.99 Å². The molecule has 0 aliphatic carbocycles. The number of phosphoric acid groups is 1. The molecule has 0 fully saturated rings. The molecule has 6 N–H and O–H groups in total. The zero-order valence-corrected chi connectivity index (χ0v) is 25.5. The molecule has 1 spiro atoms. The zero-order chi connectivity index (χ0) is 31.9. The van der Waals surface area contributed by atoms with Crippen LogP contribution in [-0.2, 0) is 19.3 Å². The minimum atomic E-state index is -4.95. The summed E-state index contributed by atoms with van der Waals surface area (Å²) in [5.41, 5.74) is 3.69. The summed E-state index contributed by atoms with van der Waals surface area (Å²) >= 11 is 0. The van der Waals surface area contributed by atoms with Gasteiger partial charge in [0.2, 0.25) is 5.54 Å². The van der Waals surface area contributed by atoms with Gasteiger partial charge < -0.3 is 34.9 Å². The predicted octanol–water partition coefficient (Wildman–Crippen LogP) is 1.66. The van der Waals surface area contributed by atoms with E-state index in [4.69, 9.17) is 9.79 Å². The molecule has 5 atom stereocenters. The van der Waals surface area contributed by atoms with Crippen molar-refractivity contribution in [2.24, 2.45) is 4.99 Å². The second-order valence-electron chi connectivity index (χ2n) is 12.5. The van der Waals surface area contributed by atoms with Crippen LogP contribution in [0.5, 0.6) is 0 Å². The summed E-state index contributed by atoms with van der Waals surface area (Å²) in [7, 11) is -4.95. The minimum absolute atomic E-state index is 0.0393. The SMILES string of the molecule is Cc1cc2c3c(c1C)C(C)(C)C[C@H]1C=C(c4ccccc4)[C@]4(C(=O)NC(=O)N=C4N2C[C@H](O)[C@H](O)[C@H](O)COP(=O)(O)O)N31. The van der Waals surface area contributed by atoms with Gasteiger partial charge in [-0.1, -0.05) is 50.3 Å². The average molecular weight is 627 g/mol. The van der Waals surface area contributed by atoms with E-state index in [9.17, 15) is 29.5 Å². The number of nitrogens with zero attached hydrogens (tertiary/aromatic N) is 3. The van der Waals surface area contributed by atoms with E-state index >= 15 is 0 Å². The first-order chi connectivity index (χ1) is 20.6. The number of carbonyl (C=O) groups is 2. The molecule has 0 saturated heterocycles. The number of hydrogen-bond acceptors (Lipinski definition) is 9. The van der Waals surface area contributed by atoms with Crippen molar-refractivity contribution >= 4 is 42.5 Å². The number of imide groups is 1. The van der Waals surface area contributed by atoms with Crippen molar-refractivity contribution in [3.8, 4) is 0 Å². The number of aliphatic imine (C=N–C) groups is 1. The molecule has 2 aromatic rings. The predicted molar refractivity (Wildman–Crippen MR) is 161 cm³/mol. The molecule has 44 heavy (non-hydrogen) atoms. The number of aliphatic hydroxyl groups is 3. The lowest BCUT2D eigenvalue weighted by molar-refractivity contribution is -0.121. The molecular formula is C30H35N4O9P. The molecular weight excluding hydrogens is 591 g/mol. The molecule has 0 radical (unpaired) electrons. The lowest BCUT2D eigenvalue weighted by atomic mass is 9.70. The molecule has 0 unspecified atom stereocenters. The number of rotatable bonds is 8. The summed E-state index contributed by atoms with van der Waals surface area (Å²) in [4.78, 5) is 53.2. The van der Waals surface area contributed by atoms with Crippen LogP contribution in [0.1, 0.15) is 42.5 Å². The van der Waals surface area contributed by atoms with Crippen LogP contribution in [0, 0.1) is 13.8 Å². The molecule has 0 saturated carbocycles. The van der Waals surface area contributed by atoms with Crippen LogP contribution in [0.3, 0.4) is 0 Å². The molecule has 4 aliphatic rings. The summed E-state index contributed by atoms with van der Waals surface area (Å²) < 4.78 is 15.5. The Balaban J connectivity index is 1.57. The number of phosphoric ester groups is 1. The fraction of sp³-hybridized carbons (Fsp3) is 0.433. The number of aliphatic hydroxyl groups excluding tert-OH is 3. The van der Waals surface area contributed by atoms with Gasteiger partial charge in [-0.25, -0.2) is 9.36 Å². The highest BCUT2D eigenvalue weighted by atomic mass is 31.2. The lowest BCUT2D eigenvalue weighted by Crippen LogP contribution is -2.74. The van der Waals surface area contributed by atoms with Crippen LogP contribution in [0.4, 0.5) is 16.2 Å². The molecule has 2 aromatic carbocycles. The number of amidine groups is 1.